The number of piperidine rings is 1. The number of aliphatic hydroxyl groups is 1. The highest BCUT2D eigenvalue weighted by molar-refractivity contribution is 5.83. The van der Waals surface area contributed by atoms with Gasteiger partial charge in [-0.25, -0.2) is 0 Å². The number of alkyl halides is 3. The van der Waals surface area contributed by atoms with Crippen LogP contribution in [-0.2, 0) is 0 Å². The van der Waals surface area contributed by atoms with E-state index in [4.69, 9.17) is 10.9 Å². The molecule has 2 aliphatic heterocycles. The third-order valence-electron chi connectivity index (χ3n) is 4.12. The molecule has 2 heterocycles. The Morgan fingerprint density at radius 1 is 1.32 bits per heavy atom. The van der Waals surface area contributed by atoms with Gasteiger partial charge < -0.3 is 16.0 Å². The molecular formula is C11H18F3N3O2. The van der Waals surface area contributed by atoms with Gasteiger partial charge in [-0.05, 0) is 25.7 Å². The van der Waals surface area contributed by atoms with Crippen LogP contribution in [0.3, 0.4) is 0 Å². The Labute approximate surface area is 108 Å². The Hall–Kier alpha value is -1.02. The molecule has 3 atom stereocenters. The minimum absolute atomic E-state index is 0.0370. The van der Waals surface area contributed by atoms with Crippen LogP contribution in [-0.4, -0.2) is 52.0 Å². The normalized spacial score (nSPS) is 34.5. The first kappa shape index (κ1) is 14.4. The van der Waals surface area contributed by atoms with E-state index in [0.717, 1.165) is 12.8 Å². The van der Waals surface area contributed by atoms with Crippen molar-refractivity contribution in [1.82, 2.24) is 4.90 Å². The van der Waals surface area contributed by atoms with Crippen LogP contribution in [0.1, 0.15) is 25.7 Å². The molecule has 4 N–H and O–H groups in total. The monoisotopic (exact) mass is 281 g/mol. The molecular weight excluding hydrogens is 263 g/mol. The lowest BCUT2D eigenvalue weighted by molar-refractivity contribution is -0.163. The summed E-state index contributed by atoms with van der Waals surface area (Å²) in [7, 11) is 0. The molecule has 110 valence electrons. The number of fused-ring (bicyclic) bond motifs is 2. The van der Waals surface area contributed by atoms with Gasteiger partial charge in [-0.3, -0.25) is 4.90 Å². The Bertz CT molecular complexity index is 348. The maximum Gasteiger partial charge on any atom is 0.400 e. The van der Waals surface area contributed by atoms with Crippen LogP contribution >= 0.6 is 0 Å². The second-order valence-electron chi connectivity index (χ2n) is 5.33. The lowest BCUT2D eigenvalue weighted by Crippen LogP contribution is -2.51. The summed E-state index contributed by atoms with van der Waals surface area (Å²) in [6, 6.07) is -0.0739. The van der Waals surface area contributed by atoms with E-state index in [0.29, 0.717) is 12.8 Å². The molecule has 2 fully saturated rings. The van der Waals surface area contributed by atoms with Gasteiger partial charge in [0.1, 0.15) is 5.92 Å². The van der Waals surface area contributed by atoms with Crippen LogP contribution in [0, 0.1) is 5.92 Å². The SMILES string of the molecule is NC(=NO)C(CN1C2CCC1CC(O)C2)C(F)(F)F. The number of rotatable bonds is 3. The van der Waals surface area contributed by atoms with Gasteiger partial charge in [-0.15, -0.1) is 0 Å². The van der Waals surface area contributed by atoms with Gasteiger partial charge >= 0.3 is 6.18 Å². The van der Waals surface area contributed by atoms with Crippen LogP contribution in [0.4, 0.5) is 13.2 Å². The van der Waals surface area contributed by atoms with Gasteiger partial charge in [0.05, 0.1) is 6.10 Å². The highest BCUT2D eigenvalue weighted by Gasteiger charge is 2.48. The Balaban J connectivity index is 2.10. The zero-order valence-corrected chi connectivity index (χ0v) is 10.3. The first-order chi connectivity index (χ1) is 8.82. The first-order valence-electron chi connectivity index (χ1n) is 6.31. The predicted molar refractivity (Wildman–Crippen MR) is 61.7 cm³/mol. The zero-order valence-electron chi connectivity index (χ0n) is 10.3. The topological polar surface area (TPSA) is 82.1 Å². The molecule has 2 saturated heterocycles. The van der Waals surface area contributed by atoms with Crippen molar-refractivity contribution in [1.29, 1.82) is 0 Å². The van der Waals surface area contributed by atoms with E-state index in [9.17, 15) is 18.3 Å². The minimum Gasteiger partial charge on any atom is -0.409 e. The van der Waals surface area contributed by atoms with Crippen LogP contribution in [0.5, 0.6) is 0 Å². The highest BCUT2D eigenvalue weighted by atomic mass is 19.4. The molecule has 3 unspecified atom stereocenters. The van der Waals surface area contributed by atoms with E-state index in [1.165, 1.54) is 0 Å². The van der Waals surface area contributed by atoms with Gasteiger partial charge in [0.15, 0.2) is 5.84 Å². The summed E-state index contributed by atoms with van der Waals surface area (Å²) in [5.41, 5.74) is 5.16. The third-order valence-corrected chi connectivity index (χ3v) is 4.12. The Morgan fingerprint density at radius 2 is 1.84 bits per heavy atom. The molecule has 8 heteroatoms. The summed E-state index contributed by atoms with van der Waals surface area (Å²) in [6.07, 6.45) is -2.38. The van der Waals surface area contributed by atoms with Gasteiger partial charge in [0, 0.05) is 18.6 Å². The van der Waals surface area contributed by atoms with Crippen molar-refractivity contribution in [2.45, 2.75) is 50.0 Å². The molecule has 2 aliphatic rings. The van der Waals surface area contributed by atoms with Crippen molar-refractivity contribution in [2.24, 2.45) is 16.8 Å². The molecule has 0 aromatic heterocycles. The van der Waals surface area contributed by atoms with Crippen molar-refractivity contribution >= 4 is 5.84 Å². The first-order valence-corrected chi connectivity index (χ1v) is 6.31. The van der Waals surface area contributed by atoms with Crippen molar-refractivity contribution in [3.05, 3.63) is 0 Å². The predicted octanol–water partition coefficient (Wildman–Crippen LogP) is 0.899. The molecule has 5 nitrogen and oxygen atoms in total. The van der Waals surface area contributed by atoms with E-state index < -0.39 is 24.0 Å². The summed E-state index contributed by atoms with van der Waals surface area (Å²) >= 11 is 0. The molecule has 2 rings (SSSR count). The number of oxime groups is 1. The van der Waals surface area contributed by atoms with Crippen LogP contribution in [0.15, 0.2) is 5.16 Å². The van der Waals surface area contributed by atoms with Gasteiger partial charge in [-0.2, -0.15) is 13.2 Å². The Kier molecular flexibility index (Phi) is 3.91. The molecule has 0 aromatic carbocycles. The fraction of sp³-hybridized carbons (Fsp3) is 0.909. The number of halogens is 3. The van der Waals surface area contributed by atoms with Gasteiger partial charge in [0.2, 0.25) is 0 Å². The highest BCUT2D eigenvalue weighted by Crippen LogP contribution is 2.38. The average Bonchev–Trinajstić information content (AvgIpc) is 2.54. The van der Waals surface area contributed by atoms with Crippen LogP contribution in [0.25, 0.3) is 0 Å². The second-order valence-corrected chi connectivity index (χ2v) is 5.33. The fourth-order valence-electron chi connectivity index (χ4n) is 3.19. The second kappa shape index (κ2) is 5.16. The Morgan fingerprint density at radius 3 is 2.26 bits per heavy atom. The molecule has 0 amide bonds. The van der Waals surface area contributed by atoms with Gasteiger partial charge in [-0.1, -0.05) is 5.16 Å². The maximum absolute atomic E-state index is 12.9. The minimum atomic E-state index is -4.54. The average molecular weight is 281 g/mol. The number of nitrogens with two attached hydrogens (primary N) is 1. The van der Waals surface area contributed by atoms with E-state index >= 15 is 0 Å². The number of amidine groups is 1. The van der Waals surface area contributed by atoms with E-state index in [-0.39, 0.29) is 18.6 Å². The largest absolute Gasteiger partial charge is 0.409 e. The van der Waals surface area contributed by atoms with Crippen LogP contribution in [0.2, 0.25) is 0 Å². The zero-order chi connectivity index (χ0) is 14.2. The van der Waals surface area contributed by atoms with Crippen molar-refractivity contribution in [3.8, 4) is 0 Å². The standard InChI is InChI=1S/C11H18F3N3O2/c12-11(13,14)9(10(15)16-19)5-17-6-1-2-7(17)4-8(18)3-6/h6-9,18-19H,1-5H2,(H2,15,16). The van der Waals surface area contributed by atoms with Crippen molar-refractivity contribution < 1.29 is 23.5 Å². The summed E-state index contributed by atoms with van der Waals surface area (Å²) < 4.78 is 38.7. The number of nitrogens with zero attached hydrogens (tertiary/aromatic N) is 2. The lowest BCUT2D eigenvalue weighted by Gasteiger charge is -2.39. The molecule has 0 aliphatic carbocycles. The smallest absolute Gasteiger partial charge is 0.400 e. The van der Waals surface area contributed by atoms with E-state index in [1.807, 2.05) is 0 Å². The maximum atomic E-state index is 12.9. The molecule has 0 radical (unpaired) electrons. The third kappa shape index (κ3) is 2.94. The molecule has 2 bridgehead atoms. The summed E-state index contributed by atoms with van der Waals surface area (Å²) in [6.45, 7) is -0.304. The van der Waals surface area contributed by atoms with Crippen molar-refractivity contribution in [2.75, 3.05) is 6.54 Å². The quantitative estimate of drug-likeness (QED) is 0.311. The van der Waals surface area contributed by atoms with E-state index in [2.05, 4.69) is 5.16 Å². The molecule has 19 heavy (non-hydrogen) atoms. The summed E-state index contributed by atoms with van der Waals surface area (Å²) in [5, 5.41) is 20.6. The molecule has 0 aromatic rings. The van der Waals surface area contributed by atoms with Crippen LogP contribution < -0.4 is 5.73 Å². The number of aliphatic hydroxyl groups excluding tert-OH is 1. The fourth-order valence-corrected chi connectivity index (χ4v) is 3.19. The van der Waals surface area contributed by atoms with Gasteiger partial charge in [0.25, 0.3) is 0 Å². The molecule has 0 saturated carbocycles. The lowest BCUT2D eigenvalue weighted by atomic mass is 9.97. The summed E-state index contributed by atoms with van der Waals surface area (Å²) in [5.74, 6) is -2.77. The number of hydrogen-bond acceptors (Lipinski definition) is 4. The van der Waals surface area contributed by atoms with E-state index in [1.54, 1.807) is 4.90 Å². The molecule has 0 spiro atoms. The summed E-state index contributed by atoms with van der Waals surface area (Å²) in [4.78, 5) is 1.75. The number of hydrogen-bond donors (Lipinski definition) is 3. The van der Waals surface area contributed by atoms with Crippen molar-refractivity contribution in [3.63, 3.8) is 0 Å².